The lowest BCUT2D eigenvalue weighted by atomic mass is 10.3. The van der Waals surface area contributed by atoms with Gasteiger partial charge in [0.2, 0.25) is 0 Å². The van der Waals surface area contributed by atoms with Crippen molar-refractivity contribution in [1.29, 1.82) is 0 Å². The third-order valence-corrected chi connectivity index (χ3v) is 3.72. The zero-order valence-electron chi connectivity index (χ0n) is 10.9. The average Bonchev–Trinajstić information content (AvgIpc) is 2.46. The van der Waals surface area contributed by atoms with E-state index < -0.39 is 0 Å². The van der Waals surface area contributed by atoms with Gasteiger partial charge in [-0.25, -0.2) is 4.98 Å². The zero-order chi connectivity index (χ0) is 14.2. The van der Waals surface area contributed by atoms with Gasteiger partial charge in [-0.15, -0.1) is 0 Å². The summed E-state index contributed by atoms with van der Waals surface area (Å²) < 4.78 is 1.93. The van der Waals surface area contributed by atoms with Crippen molar-refractivity contribution in [2.75, 3.05) is 18.4 Å². The smallest absolute Gasteiger partial charge is 0.140 e. The lowest BCUT2D eigenvalue weighted by molar-refractivity contribution is 0.661. The monoisotopic (exact) mass is 398 g/mol. The number of rotatable bonds is 7. The SMILES string of the molecule is Brc1cnc(NCCCNCc2cccnc2)c(Br)c1. The fourth-order valence-electron chi connectivity index (χ4n) is 1.70. The standard InChI is InChI=1S/C14H16Br2N4/c15-12-7-13(16)14(20-10-12)19-6-2-5-18-9-11-3-1-4-17-8-11/h1,3-4,7-8,10,18H,2,5-6,9H2,(H,19,20). The Balaban J connectivity index is 1.62. The Bertz CT molecular complexity index is 534. The Morgan fingerprint density at radius 3 is 2.80 bits per heavy atom. The molecule has 2 heterocycles. The van der Waals surface area contributed by atoms with Crippen LogP contribution in [0.15, 0.2) is 45.7 Å². The van der Waals surface area contributed by atoms with Gasteiger partial charge in [0.15, 0.2) is 0 Å². The van der Waals surface area contributed by atoms with Gasteiger partial charge < -0.3 is 10.6 Å². The van der Waals surface area contributed by atoms with Crippen LogP contribution < -0.4 is 10.6 Å². The molecule has 0 fully saturated rings. The third kappa shape index (κ3) is 5.19. The normalized spacial score (nSPS) is 10.5. The molecule has 2 N–H and O–H groups in total. The average molecular weight is 400 g/mol. The summed E-state index contributed by atoms with van der Waals surface area (Å²) in [5.74, 6) is 0.875. The van der Waals surface area contributed by atoms with E-state index in [1.807, 2.05) is 18.3 Å². The fraction of sp³-hybridized carbons (Fsp3) is 0.286. The van der Waals surface area contributed by atoms with Gasteiger partial charge in [0.25, 0.3) is 0 Å². The van der Waals surface area contributed by atoms with E-state index in [0.29, 0.717) is 0 Å². The van der Waals surface area contributed by atoms with Crippen LogP contribution in [-0.2, 0) is 6.54 Å². The molecule has 0 amide bonds. The van der Waals surface area contributed by atoms with E-state index in [-0.39, 0.29) is 0 Å². The van der Waals surface area contributed by atoms with Gasteiger partial charge in [-0.3, -0.25) is 4.98 Å². The quantitative estimate of drug-likeness (QED) is 0.698. The van der Waals surface area contributed by atoms with Gasteiger partial charge in [-0.1, -0.05) is 6.07 Å². The van der Waals surface area contributed by atoms with E-state index in [2.05, 4.69) is 58.5 Å². The highest BCUT2D eigenvalue weighted by Crippen LogP contribution is 2.23. The zero-order valence-corrected chi connectivity index (χ0v) is 14.1. The molecule has 20 heavy (non-hydrogen) atoms. The van der Waals surface area contributed by atoms with Gasteiger partial charge in [0.05, 0.1) is 4.47 Å². The summed E-state index contributed by atoms with van der Waals surface area (Å²) in [6.45, 7) is 2.69. The molecule has 2 aromatic rings. The molecule has 0 radical (unpaired) electrons. The summed E-state index contributed by atoms with van der Waals surface area (Å²) in [6, 6.07) is 6.01. The van der Waals surface area contributed by atoms with E-state index in [9.17, 15) is 0 Å². The molecule has 0 aliphatic carbocycles. The van der Waals surface area contributed by atoms with Crippen LogP contribution in [0, 0.1) is 0 Å². The summed E-state index contributed by atoms with van der Waals surface area (Å²) in [5.41, 5.74) is 1.21. The van der Waals surface area contributed by atoms with E-state index in [0.717, 1.165) is 40.8 Å². The number of hydrogen-bond acceptors (Lipinski definition) is 4. The fourth-order valence-corrected chi connectivity index (χ4v) is 2.83. The Morgan fingerprint density at radius 2 is 2.05 bits per heavy atom. The van der Waals surface area contributed by atoms with Crippen LogP contribution in [0.1, 0.15) is 12.0 Å². The molecular weight excluding hydrogens is 384 g/mol. The molecular formula is C14H16Br2N4. The van der Waals surface area contributed by atoms with Crippen LogP contribution >= 0.6 is 31.9 Å². The van der Waals surface area contributed by atoms with Crippen LogP contribution in [0.25, 0.3) is 0 Å². The molecule has 0 saturated heterocycles. The van der Waals surface area contributed by atoms with E-state index >= 15 is 0 Å². The molecule has 0 unspecified atom stereocenters. The molecule has 6 heteroatoms. The molecule has 2 rings (SSSR count). The van der Waals surface area contributed by atoms with Crippen LogP contribution in [0.4, 0.5) is 5.82 Å². The molecule has 0 saturated carbocycles. The number of nitrogens with one attached hydrogen (secondary N) is 2. The maximum Gasteiger partial charge on any atom is 0.140 e. The largest absolute Gasteiger partial charge is 0.369 e. The van der Waals surface area contributed by atoms with Gasteiger partial charge >= 0.3 is 0 Å². The van der Waals surface area contributed by atoms with E-state index in [4.69, 9.17) is 0 Å². The number of halogens is 2. The predicted molar refractivity (Wildman–Crippen MR) is 88.7 cm³/mol. The highest BCUT2D eigenvalue weighted by Gasteiger charge is 2.00. The summed E-state index contributed by atoms with van der Waals surface area (Å²) in [4.78, 5) is 8.40. The number of pyridine rings is 2. The first-order valence-corrected chi connectivity index (χ1v) is 7.99. The van der Waals surface area contributed by atoms with Gasteiger partial charge in [-0.05, 0) is 62.5 Å². The summed E-state index contributed by atoms with van der Waals surface area (Å²) in [5, 5.41) is 6.70. The van der Waals surface area contributed by atoms with Crippen molar-refractivity contribution >= 4 is 37.7 Å². The lowest BCUT2D eigenvalue weighted by Crippen LogP contribution is -2.18. The second-order valence-corrected chi connectivity index (χ2v) is 6.07. The van der Waals surface area contributed by atoms with Crippen molar-refractivity contribution in [2.24, 2.45) is 0 Å². The minimum absolute atomic E-state index is 0.855. The lowest BCUT2D eigenvalue weighted by Gasteiger charge is -2.08. The maximum atomic E-state index is 4.31. The highest BCUT2D eigenvalue weighted by molar-refractivity contribution is 9.11. The molecule has 0 aliphatic rings. The highest BCUT2D eigenvalue weighted by atomic mass is 79.9. The molecule has 4 nitrogen and oxygen atoms in total. The Kier molecular flexibility index (Phi) is 6.42. The number of aromatic nitrogens is 2. The first-order chi connectivity index (χ1) is 9.75. The van der Waals surface area contributed by atoms with Crippen molar-refractivity contribution in [1.82, 2.24) is 15.3 Å². The minimum Gasteiger partial charge on any atom is -0.369 e. The van der Waals surface area contributed by atoms with Crippen molar-refractivity contribution in [2.45, 2.75) is 13.0 Å². The topological polar surface area (TPSA) is 49.8 Å². The van der Waals surface area contributed by atoms with Gasteiger partial charge in [0, 0.05) is 36.2 Å². The maximum absolute atomic E-state index is 4.31. The molecule has 0 atom stereocenters. The van der Waals surface area contributed by atoms with Crippen molar-refractivity contribution in [3.8, 4) is 0 Å². The molecule has 2 aromatic heterocycles. The van der Waals surface area contributed by atoms with Crippen molar-refractivity contribution < 1.29 is 0 Å². The number of hydrogen-bond donors (Lipinski definition) is 2. The van der Waals surface area contributed by atoms with E-state index in [1.54, 1.807) is 12.4 Å². The van der Waals surface area contributed by atoms with E-state index in [1.165, 1.54) is 5.56 Å². The molecule has 0 aliphatic heterocycles. The first kappa shape index (κ1) is 15.4. The van der Waals surface area contributed by atoms with Gasteiger partial charge in [0.1, 0.15) is 5.82 Å². The molecule has 0 spiro atoms. The third-order valence-electron chi connectivity index (χ3n) is 2.68. The van der Waals surface area contributed by atoms with Crippen LogP contribution in [-0.4, -0.2) is 23.1 Å². The van der Waals surface area contributed by atoms with Crippen LogP contribution in [0.2, 0.25) is 0 Å². The summed E-state index contributed by atoms with van der Waals surface area (Å²) in [7, 11) is 0. The summed E-state index contributed by atoms with van der Waals surface area (Å²) in [6.07, 6.45) is 6.49. The second-order valence-electron chi connectivity index (χ2n) is 4.30. The van der Waals surface area contributed by atoms with Crippen molar-refractivity contribution in [3.05, 3.63) is 51.3 Å². The van der Waals surface area contributed by atoms with Crippen molar-refractivity contribution in [3.63, 3.8) is 0 Å². The molecule has 0 aromatic carbocycles. The van der Waals surface area contributed by atoms with Gasteiger partial charge in [-0.2, -0.15) is 0 Å². The van der Waals surface area contributed by atoms with Crippen LogP contribution in [0.3, 0.4) is 0 Å². The Labute approximate surface area is 135 Å². The number of anilines is 1. The Morgan fingerprint density at radius 1 is 1.15 bits per heavy atom. The molecule has 106 valence electrons. The second kappa shape index (κ2) is 8.34. The Hall–Kier alpha value is -0.980. The molecule has 0 bridgehead atoms. The van der Waals surface area contributed by atoms with Crippen LogP contribution in [0.5, 0.6) is 0 Å². The first-order valence-electron chi connectivity index (χ1n) is 6.40. The number of nitrogens with zero attached hydrogens (tertiary/aromatic N) is 2. The minimum atomic E-state index is 0.855. The summed E-state index contributed by atoms with van der Waals surface area (Å²) >= 11 is 6.87. The predicted octanol–water partition coefficient (Wildman–Crippen LogP) is 3.59.